The van der Waals surface area contributed by atoms with Gasteiger partial charge < -0.3 is 0 Å². The Balaban J connectivity index is 1.61. The number of nitrogens with zero attached hydrogens (tertiary/aromatic N) is 4. The molecule has 0 aliphatic carbocycles. The van der Waals surface area contributed by atoms with Gasteiger partial charge in [0.05, 0.1) is 32.3 Å². The van der Waals surface area contributed by atoms with Gasteiger partial charge in [-0.15, -0.1) is 0 Å². The average molecular weight is 481 g/mol. The molecule has 0 unspecified atom stereocenters. The first kappa shape index (κ1) is 20.8. The zero-order chi connectivity index (χ0) is 22.2. The summed E-state index contributed by atoms with van der Waals surface area (Å²) in [7, 11) is 0. The van der Waals surface area contributed by atoms with Crippen LogP contribution < -0.4 is 11.1 Å². The highest BCUT2D eigenvalue weighted by molar-refractivity contribution is 7.98. The molecule has 0 atom stereocenters. The number of rotatable bonds is 4. The van der Waals surface area contributed by atoms with Crippen molar-refractivity contribution in [3.8, 4) is 5.69 Å². The van der Waals surface area contributed by atoms with Crippen molar-refractivity contribution in [1.29, 1.82) is 0 Å². The molecule has 158 valence electrons. The maximum Gasteiger partial charge on any atom is 0.266 e. The van der Waals surface area contributed by atoms with Gasteiger partial charge in [0.15, 0.2) is 5.16 Å². The summed E-state index contributed by atoms with van der Waals surface area (Å²) in [4.78, 5) is 35.1. The van der Waals surface area contributed by atoms with Crippen molar-refractivity contribution >= 4 is 51.5 Å². The van der Waals surface area contributed by atoms with Crippen LogP contribution in [-0.2, 0) is 5.75 Å². The Bertz CT molecular complexity index is 1610. The SMILES string of the molecule is O=c1c2ccccc2nc(SCc2cc(=O)n3cc(Cl)ccc3n2)n1-c1ccccc1Cl. The smallest absolute Gasteiger partial charge is 0.266 e. The lowest BCUT2D eigenvalue weighted by molar-refractivity contribution is 0.819. The standard InChI is InChI=1S/C23H14Cl2N4O2S/c24-14-9-10-20-26-15(11-21(30)28(20)12-14)13-32-23-27-18-7-3-1-5-16(18)22(31)29(23)19-8-4-2-6-17(19)25/h1-12H,13H2. The molecule has 0 saturated heterocycles. The summed E-state index contributed by atoms with van der Waals surface area (Å²) in [5.41, 5.74) is 1.74. The number of para-hydroxylation sites is 2. The fraction of sp³-hybridized carbons (Fsp3) is 0.0435. The molecule has 0 aliphatic rings. The molecule has 9 heteroatoms. The van der Waals surface area contributed by atoms with E-state index in [1.54, 1.807) is 48.5 Å². The van der Waals surface area contributed by atoms with E-state index in [0.29, 0.717) is 48.9 Å². The lowest BCUT2D eigenvalue weighted by Gasteiger charge is -2.14. The van der Waals surface area contributed by atoms with Crippen LogP contribution in [0.15, 0.2) is 87.7 Å². The average Bonchev–Trinajstić information content (AvgIpc) is 2.79. The number of hydrogen-bond donors (Lipinski definition) is 0. The molecule has 0 N–H and O–H groups in total. The van der Waals surface area contributed by atoms with E-state index in [-0.39, 0.29) is 11.1 Å². The lowest BCUT2D eigenvalue weighted by Crippen LogP contribution is -2.22. The van der Waals surface area contributed by atoms with Crippen molar-refractivity contribution in [2.75, 3.05) is 0 Å². The maximum atomic E-state index is 13.3. The van der Waals surface area contributed by atoms with Crippen LogP contribution in [0.1, 0.15) is 5.69 Å². The molecule has 0 spiro atoms. The molecule has 6 nitrogen and oxygen atoms in total. The number of fused-ring (bicyclic) bond motifs is 2. The molecule has 5 aromatic rings. The molecule has 5 rings (SSSR count). The third-order valence-corrected chi connectivity index (χ3v) is 6.38. The van der Waals surface area contributed by atoms with Crippen molar-refractivity contribution in [3.63, 3.8) is 0 Å². The van der Waals surface area contributed by atoms with Crippen LogP contribution in [0.5, 0.6) is 0 Å². The van der Waals surface area contributed by atoms with Crippen LogP contribution in [0.25, 0.3) is 22.2 Å². The molecule has 2 aromatic carbocycles. The molecule has 0 bridgehead atoms. The predicted octanol–water partition coefficient (Wildman–Crippen LogP) is 4.99. The fourth-order valence-electron chi connectivity index (χ4n) is 3.39. The van der Waals surface area contributed by atoms with Crippen LogP contribution in [-0.4, -0.2) is 18.9 Å². The lowest BCUT2D eigenvalue weighted by atomic mass is 10.2. The Kier molecular flexibility index (Phi) is 5.46. The van der Waals surface area contributed by atoms with E-state index in [9.17, 15) is 9.59 Å². The number of pyridine rings is 1. The Morgan fingerprint density at radius 2 is 1.69 bits per heavy atom. The molecule has 0 radical (unpaired) electrons. The Hall–Kier alpha value is -3.13. The first-order chi connectivity index (χ1) is 15.5. The fourth-order valence-corrected chi connectivity index (χ4v) is 4.67. The van der Waals surface area contributed by atoms with Crippen LogP contribution in [0.3, 0.4) is 0 Å². The molecule has 3 heterocycles. The summed E-state index contributed by atoms with van der Waals surface area (Å²) >= 11 is 13.7. The summed E-state index contributed by atoms with van der Waals surface area (Å²) in [6.07, 6.45) is 1.53. The third kappa shape index (κ3) is 3.79. The summed E-state index contributed by atoms with van der Waals surface area (Å²) < 4.78 is 2.90. The van der Waals surface area contributed by atoms with Gasteiger partial charge in [-0.05, 0) is 36.4 Å². The van der Waals surface area contributed by atoms with Gasteiger partial charge in [0.2, 0.25) is 0 Å². The van der Waals surface area contributed by atoms with Crippen molar-refractivity contribution < 1.29 is 0 Å². The largest absolute Gasteiger partial charge is 0.269 e. The summed E-state index contributed by atoms with van der Waals surface area (Å²) in [5.74, 6) is 0.337. The van der Waals surface area contributed by atoms with Crippen molar-refractivity contribution in [2.24, 2.45) is 0 Å². The minimum Gasteiger partial charge on any atom is -0.269 e. The Morgan fingerprint density at radius 3 is 2.53 bits per heavy atom. The van der Waals surface area contributed by atoms with E-state index in [2.05, 4.69) is 4.98 Å². The minimum atomic E-state index is -0.233. The Labute approximate surface area is 196 Å². The van der Waals surface area contributed by atoms with E-state index in [1.165, 1.54) is 33.0 Å². The Morgan fingerprint density at radius 1 is 0.906 bits per heavy atom. The van der Waals surface area contributed by atoms with Gasteiger partial charge >= 0.3 is 0 Å². The minimum absolute atomic E-state index is 0.215. The molecular weight excluding hydrogens is 467 g/mol. The van der Waals surface area contributed by atoms with Crippen molar-refractivity contribution in [3.05, 3.63) is 109 Å². The van der Waals surface area contributed by atoms with Crippen molar-refractivity contribution in [2.45, 2.75) is 10.9 Å². The number of benzene rings is 2. The van der Waals surface area contributed by atoms with Crippen LogP contribution in [0, 0.1) is 0 Å². The van der Waals surface area contributed by atoms with Gasteiger partial charge in [-0.1, -0.05) is 59.2 Å². The second-order valence-electron chi connectivity index (χ2n) is 6.95. The normalized spacial score (nSPS) is 11.3. The number of halogens is 2. The monoisotopic (exact) mass is 480 g/mol. The maximum absolute atomic E-state index is 13.3. The topological polar surface area (TPSA) is 69.3 Å². The zero-order valence-electron chi connectivity index (χ0n) is 16.4. The van der Waals surface area contributed by atoms with Gasteiger partial charge in [-0.3, -0.25) is 18.6 Å². The highest BCUT2D eigenvalue weighted by Gasteiger charge is 2.16. The van der Waals surface area contributed by atoms with Gasteiger partial charge in [0, 0.05) is 18.0 Å². The molecule has 0 amide bonds. The van der Waals surface area contributed by atoms with Crippen molar-refractivity contribution in [1.82, 2.24) is 18.9 Å². The van der Waals surface area contributed by atoms with Crippen LogP contribution in [0.4, 0.5) is 0 Å². The first-order valence-corrected chi connectivity index (χ1v) is 11.3. The van der Waals surface area contributed by atoms with Gasteiger partial charge in [0.25, 0.3) is 11.1 Å². The molecular formula is C23H14Cl2N4O2S. The number of aromatic nitrogens is 4. The quantitative estimate of drug-likeness (QED) is 0.267. The molecule has 32 heavy (non-hydrogen) atoms. The first-order valence-electron chi connectivity index (χ1n) is 9.58. The summed E-state index contributed by atoms with van der Waals surface area (Å²) in [6, 6.07) is 19.1. The van der Waals surface area contributed by atoms with Gasteiger partial charge in [-0.25, -0.2) is 9.97 Å². The van der Waals surface area contributed by atoms with Crippen LogP contribution >= 0.6 is 35.0 Å². The van der Waals surface area contributed by atoms with E-state index < -0.39 is 0 Å². The summed E-state index contributed by atoms with van der Waals surface area (Å²) in [5, 5.41) is 1.84. The van der Waals surface area contributed by atoms with Crippen LogP contribution in [0.2, 0.25) is 10.0 Å². The van der Waals surface area contributed by atoms with E-state index in [0.717, 1.165) is 0 Å². The molecule has 0 saturated carbocycles. The van der Waals surface area contributed by atoms with E-state index >= 15 is 0 Å². The number of hydrogen-bond acceptors (Lipinski definition) is 5. The predicted molar refractivity (Wildman–Crippen MR) is 128 cm³/mol. The van der Waals surface area contributed by atoms with E-state index in [4.69, 9.17) is 28.2 Å². The highest BCUT2D eigenvalue weighted by Crippen LogP contribution is 2.27. The van der Waals surface area contributed by atoms with E-state index in [1.807, 2.05) is 12.1 Å². The second kappa shape index (κ2) is 8.43. The summed E-state index contributed by atoms with van der Waals surface area (Å²) in [6.45, 7) is 0. The second-order valence-corrected chi connectivity index (χ2v) is 8.74. The van der Waals surface area contributed by atoms with Gasteiger partial charge in [-0.2, -0.15) is 0 Å². The molecule has 0 fully saturated rings. The zero-order valence-corrected chi connectivity index (χ0v) is 18.7. The molecule has 3 aromatic heterocycles. The number of thioether (sulfide) groups is 1. The third-order valence-electron chi connectivity index (χ3n) is 4.86. The van der Waals surface area contributed by atoms with Gasteiger partial charge in [0.1, 0.15) is 5.65 Å². The molecule has 0 aliphatic heterocycles. The highest BCUT2D eigenvalue weighted by atomic mass is 35.5.